The Balaban J connectivity index is 2.56. The molecule has 1 N–H and O–H groups in total. The Bertz CT molecular complexity index is 428. The van der Waals surface area contributed by atoms with Gasteiger partial charge >= 0.3 is 5.97 Å². The van der Waals surface area contributed by atoms with Crippen LogP contribution in [-0.2, 0) is 10.5 Å². The van der Waals surface area contributed by atoms with Crippen molar-refractivity contribution in [3.05, 3.63) is 35.1 Å². The quantitative estimate of drug-likeness (QED) is 0.801. The molecule has 0 aliphatic carbocycles. The van der Waals surface area contributed by atoms with Gasteiger partial charge in [-0.1, -0.05) is 0 Å². The number of hydrogen-bond acceptors (Lipinski definition) is 3. The fraction of sp³-hybridized carbons (Fsp3) is 0.273. The summed E-state index contributed by atoms with van der Waals surface area (Å²) in [5.74, 6) is -0.329. The lowest BCUT2D eigenvalue weighted by Gasteiger charge is -2.03. The maximum Gasteiger partial charge on any atom is 0.304 e. The van der Waals surface area contributed by atoms with Gasteiger partial charge in [0.2, 0.25) is 0 Å². The molecule has 1 aromatic rings. The molecule has 0 radical (unpaired) electrons. The third-order valence-corrected chi connectivity index (χ3v) is 2.91. The van der Waals surface area contributed by atoms with Gasteiger partial charge in [-0.05, 0) is 23.8 Å². The van der Waals surface area contributed by atoms with Crippen LogP contribution in [0.4, 0.5) is 4.39 Å². The molecule has 0 amide bonds. The SMILES string of the molecule is N#Cc1ccc(F)cc1CSCCC(=O)O. The molecule has 0 aliphatic rings. The summed E-state index contributed by atoms with van der Waals surface area (Å²) in [5.41, 5.74) is 1.04. The summed E-state index contributed by atoms with van der Waals surface area (Å²) in [6.45, 7) is 0. The topological polar surface area (TPSA) is 61.1 Å². The van der Waals surface area contributed by atoms with Crippen LogP contribution >= 0.6 is 11.8 Å². The summed E-state index contributed by atoms with van der Waals surface area (Å²) in [7, 11) is 0. The Morgan fingerprint density at radius 3 is 2.94 bits per heavy atom. The zero-order chi connectivity index (χ0) is 12.0. The highest BCUT2D eigenvalue weighted by Gasteiger charge is 2.04. The minimum Gasteiger partial charge on any atom is -0.481 e. The van der Waals surface area contributed by atoms with Crippen molar-refractivity contribution >= 4 is 17.7 Å². The van der Waals surface area contributed by atoms with E-state index < -0.39 is 5.97 Å². The summed E-state index contributed by atoms with van der Waals surface area (Å²) in [4.78, 5) is 10.3. The van der Waals surface area contributed by atoms with Crippen LogP contribution in [0.5, 0.6) is 0 Å². The highest BCUT2D eigenvalue weighted by Crippen LogP contribution is 2.18. The van der Waals surface area contributed by atoms with Gasteiger partial charge in [0, 0.05) is 11.5 Å². The Kier molecular flexibility index (Phi) is 4.80. The van der Waals surface area contributed by atoms with Crippen LogP contribution in [0.3, 0.4) is 0 Å². The van der Waals surface area contributed by atoms with Gasteiger partial charge in [-0.15, -0.1) is 0 Å². The average Bonchev–Trinajstić information content (AvgIpc) is 2.24. The number of thioether (sulfide) groups is 1. The number of benzene rings is 1. The van der Waals surface area contributed by atoms with E-state index in [1.807, 2.05) is 6.07 Å². The normalized spacial score (nSPS) is 9.75. The van der Waals surface area contributed by atoms with Crippen molar-refractivity contribution in [3.8, 4) is 6.07 Å². The lowest BCUT2D eigenvalue weighted by atomic mass is 10.1. The first kappa shape index (κ1) is 12.5. The van der Waals surface area contributed by atoms with Crippen LogP contribution in [0.2, 0.25) is 0 Å². The minimum atomic E-state index is -0.854. The fourth-order valence-electron chi connectivity index (χ4n) is 1.13. The first-order valence-corrected chi connectivity index (χ1v) is 5.77. The van der Waals surface area contributed by atoms with Crippen molar-refractivity contribution in [2.45, 2.75) is 12.2 Å². The van der Waals surface area contributed by atoms with Crippen LogP contribution in [0.25, 0.3) is 0 Å². The molecule has 1 aromatic carbocycles. The van der Waals surface area contributed by atoms with Gasteiger partial charge in [0.15, 0.2) is 0 Å². The van der Waals surface area contributed by atoms with E-state index in [-0.39, 0.29) is 12.2 Å². The fourth-order valence-corrected chi connectivity index (χ4v) is 2.05. The molecule has 84 valence electrons. The molecule has 0 bridgehead atoms. The van der Waals surface area contributed by atoms with Gasteiger partial charge in [0.25, 0.3) is 0 Å². The van der Waals surface area contributed by atoms with Gasteiger partial charge < -0.3 is 5.11 Å². The van der Waals surface area contributed by atoms with Crippen LogP contribution in [0.1, 0.15) is 17.5 Å². The van der Waals surface area contributed by atoms with E-state index in [2.05, 4.69) is 0 Å². The predicted octanol–water partition coefficient (Wildman–Crippen LogP) is 2.41. The summed E-state index contributed by atoms with van der Waals surface area (Å²) in [5, 5.41) is 17.2. The number of nitriles is 1. The maximum atomic E-state index is 12.9. The first-order valence-electron chi connectivity index (χ1n) is 4.61. The number of carbonyl (C=O) groups is 1. The highest BCUT2D eigenvalue weighted by molar-refractivity contribution is 7.98. The first-order chi connectivity index (χ1) is 7.63. The van der Waals surface area contributed by atoms with E-state index in [0.717, 1.165) is 0 Å². The number of hydrogen-bond donors (Lipinski definition) is 1. The largest absolute Gasteiger partial charge is 0.481 e. The second-order valence-electron chi connectivity index (χ2n) is 3.11. The zero-order valence-electron chi connectivity index (χ0n) is 8.44. The molecule has 0 saturated carbocycles. The van der Waals surface area contributed by atoms with E-state index in [9.17, 15) is 9.18 Å². The smallest absolute Gasteiger partial charge is 0.304 e. The van der Waals surface area contributed by atoms with Crippen molar-refractivity contribution < 1.29 is 14.3 Å². The molecule has 0 unspecified atom stereocenters. The van der Waals surface area contributed by atoms with E-state index in [0.29, 0.717) is 22.6 Å². The number of rotatable bonds is 5. The predicted molar refractivity (Wildman–Crippen MR) is 59.5 cm³/mol. The van der Waals surface area contributed by atoms with Gasteiger partial charge in [-0.2, -0.15) is 17.0 Å². The molecule has 0 aromatic heterocycles. The molecule has 0 saturated heterocycles. The Hall–Kier alpha value is -1.54. The molecule has 0 heterocycles. The Labute approximate surface area is 96.9 Å². The van der Waals surface area contributed by atoms with Gasteiger partial charge in [0.05, 0.1) is 18.1 Å². The molecular formula is C11H10FNO2S. The molecular weight excluding hydrogens is 229 g/mol. The minimum absolute atomic E-state index is 0.0713. The molecule has 0 atom stereocenters. The Morgan fingerprint density at radius 1 is 1.56 bits per heavy atom. The Morgan fingerprint density at radius 2 is 2.31 bits per heavy atom. The molecule has 0 fully saturated rings. The van der Waals surface area contributed by atoms with Crippen molar-refractivity contribution in [2.75, 3.05) is 5.75 Å². The average molecular weight is 239 g/mol. The van der Waals surface area contributed by atoms with Crippen molar-refractivity contribution in [1.82, 2.24) is 0 Å². The van der Waals surface area contributed by atoms with E-state index in [4.69, 9.17) is 10.4 Å². The molecule has 3 nitrogen and oxygen atoms in total. The van der Waals surface area contributed by atoms with E-state index in [1.54, 1.807) is 0 Å². The van der Waals surface area contributed by atoms with Crippen molar-refractivity contribution in [3.63, 3.8) is 0 Å². The highest BCUT2D eigenvalue weighted by atomic mass is 32.2. The number of carboxylic acids is 1. The number of carboxylic acid groups (broad SMARTS) is 1. The second-order valence-corrected chi connectivity index (χ2v) is 4.21. The summed E-state index contributed by atoms with van der Waals surface area (Å²) in [6, 6.07) is 5.96. The van der Waals surface area contributed by atoms with Gasteiger partial charge in [0.1, 0.15) is 5.82 Å². The third kappa shape index (κ3) is 3.91. The molecule has 16 heavy (non-hydrogen) atoms. The van der Waals surface area contributed by atoms with Crippen LogP contribution in [-0.4, -0.2) is 16.8 Å². The summed E-state index contributed by atoms with van der Waals surface area (Å²) < 4.78 is 12.9. The van der Waals surface area contributed by atoms with E-state index >= 15 is 0 Å². The second kappa shape index (κ2) is 6.13. The zero-order valence-corrected chi connectivity index (χ0v) is 9.26. The lowest BCUT2D eigenvalue weighted by molar-refractivity contribution is -0.136. The molecule has 0 aliphatic heterocycles. The maximum absolute atomic E-state index is 12.9. The van der Waals surface area contributed by atoms with Gasteiger partial charge in [-0.3, -0.25) is 4.79 Å². The van der Waals surface area contributed by atoms with Crippen LogP contribution in [0.15, 0.2) is 18.2 Å². The summed E-state index contributed by atoms with van der Waals surface area (Å²) >= 11 is 1.37. The lowest BCUT2D eigenvalue weighted by Crippen LogP contribution is -1.97. The molecule has 0 spiro atoms. The number of nitrogens with zero attached hydrogens (tertiary/aromatic N) is 1. The monoisotopic (exact) mass is 239 g/mol. The molecule has 5 heteroatoms. The van der Waals surface area contributed by atoms with Gasteiger partial charge in [-0.25, -0.2) is 4.39 Å². The standard InChI is InChI=1S/C11H10FNO2S/c12-10-2-1-8(6-13)9(5-10)7-16-4-3-11(14)15/h1-2,5H,3-4,7H2,(H,14,15). The van der Waals surface area contributed by atoms with Crippen LogP contribution < -0.4 is 0 Å². The van der Waals surface area contributed by atoms with Crippen molar-refractivity contribution in [2.24, 2.45) is 0 Å². The third-order valence-electron chi connectivity index (χ3n) is 1.91. The molecule has 1 rings (SSSR count). The summed E-state index contributed by atoms with van der Waals surface area (Å²) in [6.07, 6.45) is 0.0713. The number of halogens is 1. The van der Waals surface area contributed by atoms with Crippen LogP contribution in [0, 0.1) is 17.1 Å². The van der Waals surface area contributed by atoms with Crippen molar-refractivity contribution in [1.29, 1.82) is 5.26 Å². The number of aliphatic carboxylic acids is 1. The van der Waals surface area contributed by atoms with E-state index in [1.165, 1.54) is 30.0 Å².